The highest BCUT2D eigenvalue weighted by molar-refractivity contribution is 7.89. The predicted molar refractivity (Wildman–Crippen MR) is 103 cm³/mol. The Labute approximate surface area is 157 Å². The number of anilines is 1. The van der Waals surface area contributed by atoms with Gasteiger partial charge < -0.3 is 10.1 Å². The number of methoxy groups -OCH3 is 1. The van der Waals surface area contributed by atoms with Crippen LogP contribution in [0.15, 0.2) is 29.2 Å². The quantitative estimate of drug-likeness (QED) is 0.831. The Kier molecular flexibility index (Phi) is 5.64. The van der Waals surface area contributed by atoms with Gasteiger partial charge in [0.25, 0.3) is 5.91 Å². The maximum atomic E-state index is 12.6. The first-order valence-corrected chi connectivity index (χ1v) is 10.9. The van der Waals surface area contributed by atoms with Crippen molar-refractivity contribution < 1.29 is 17.9 Å². The Morgan fingerprint density at radius 2 is 1.88 bits per heavy atom. The van der Waals surface area contributed by atoms with E-state index in [-0.39, 0.29) is 16.6 Å². The molecule has 140 valence electrons. The zero-order chi connectivity index (χ0) is 18.7. The van der Waals surface area contributed by atoms with Crippen molar-refractivity contribution in [2.45, 2.75) is 43.4 Å². The van der Waals surface area contributed by atoms with E-state index in [4.69, 9.17) is 9.88 Å². The van der Waals surface area contributed by atoms with E-state index in [1.807, 2.05) is 6.07 Å². The lowest BCUT2D eigenvalue weighted by Crippen LogP contribution is -2.15. The first-order valence-electron chi connectivity index (χ1n) is 8.52. The summed E-state index contributed by atoms with van der Waals surface area (Å²) in [6.45, 7) is 0. The SMILES string of the molecule is COc1ccc(NC(=O)c2cc3c(s2)CCCCCC3)cc1S(N)(=O)=O. The normalized spacial score (nSPS) is 14.8. The van der Waals surface area contributed by atoms with Crippen molar-refractivity contribution in [3.05, 3.63) is 39.6 Å². The molecular weight excluding hydrogens is 372 g/mol. The molecule has 2 aromatic rings. The number of thiophene rings is 1. The Balaban J connectivity index is 1.83. The van der Waals surface area contributed by atoms with E-state index in [0.29, 0.717) is 10.6 Å². The molecular formula is C18H22N2O4S2. The summed E-state index contributed by atoms with van der Waals surface area (Å²) in [7, 11) is -2.59. The van der Waals surface area contributed by atoms with Gasteiger partial charge in [0.2, 0.25) is 10.0 Å². The van der Waals surface area contributed by atoms with Crippen LogP contribution in [0.2, 0.25) is 0 Å². The number of hydrogen-bond donors (Lipinski definition) is 2. The standard InChI is InChI=1S/C18H22N2O4S2/c1-24-14-9-8-13(11-17(14)26(19,22)23)20-18(21)16-10-12-6-4-2-3-5-7-15(12)25-16/h8-11H,2-7H2,1H3,(H,20,21)(H2,19,22,23). The molecule has 1 aromatic heterocycles. The average Bonchev–Trinajstić information content (AvgIpc) is 2.96. The van der Waals surface area contributed by atoms with Crippen LogP contribution >= 0.6 is 11.3 Å². The fraction of sp³-hybridized carbons (Fsp3) is 0.389. The molecule has 1 aromatic carbocycles. The van der Waals surface area contributed by atoms with Gasteiger partial charge in [0.15, 0.2) is 0 Å². The van der Waals surface area contributed by atoms with Gasteiger partial charge in [0.1, 0.15) is 10.6 Å². The molecule has 3 rings (SSSR count). The van der Waals surface area contributed by atoms with Crippen LogP contribution in [0.5, 0.6) is 5.75 Å². The molecule has 0 saturated carbocycles. The second-order valence-corrected chi connectivity index (χ2v) is 9.00. The number of nitrogens with two attached hydrogens (primary N) is 1. The average molecular weight is 395 g/mol. The highest BCUT2D eigenvalue weighted by atomic mass is 32.2. The molecule has 3 N–H and O–H groups in total. The van der Waals surface area contributed by atoms with Crippen molar-refractivity contribution in [1.82, 2.24) is 0 Å². The predicted octanol–water partition coefficient (Wildman–Crippen LogP) is 3.32. The summed E-state index contributed by atoms with van der Waals surface area (Å²) in [5, 5.41) is 7.98. The number of carbonyl (C=O) groups is 1. The fourth-order valence-electron chi connectivity index (χ4n) is 3.13. The monoisotopic (exact) mass is 394 g/mol. The molecule has 0 bridgehead atoms. The molecule has 1 aliphatic carbocycles. The second-order valence-electron chi connectivity index (χ2n) is 6.34. The maximum absolute atomic E-state index is 12.6. The van der Waals surface area contributed by atoms with Crippen molar-refractivity contribution in [2.75, 3.05) is 12.4 Å². The third-order valence-corrected chi connectivity index (χ3v) is 6.62. The third-order valence-electron chi connectivity index (χ3n) is 4.45. The van der Waals surface area contributed by atoms with Gasteiger partial charge in [-0.05, 0) is 55.5 Å². The molecule has 0 aliphatic heterocycles. The van der Waals surface area contributed by atoms with E-state index in [9.17, 15) is 13.2 Å². The number of ether oxygens (including phenoxy) is 1. The summed E-state index contributed by atoms with van der Waals surface area (Å²) in [6, 6.07) is 6.35. The summed E-state index contributed by atoms with van der Waals surface area (Å²) < 4.78 is 28.4. The first-order chi connectivity index (χ1) is 12.4. The number of carbonyl (C=O) groups excluding carboxylic acids is 1. The van der Waals surface area contributed by atoms with Crippen LogP contribution in [0, 0.1) is 0 Å². The largest absolute Gasteiger partial charge is 0.495 e. The van der Waals surface area contributed by atoms with E-state index in [1.54, 1.807) is 6.07 Å². The molecule has 6 nitrogen and oxygen atoms in total. The first kappa shape index (κ1) is 18.9. The lowest BCUT2D eigenvalue weighted by Gasteiger charge is -2.09. The summed E-state index contributed by atoms with van der Waals surface area (Å²) >= 11 is 1.52. The lowest BCUT2D eigenvalue weighted by atomic mass is 10.00. The van der Waals surface area contributed by atoms with Crippen molar-refractivity contribution in [3.8, 4) is 5.75 Å². The molecule has 0 fully saturated rings. The van der Waals surface area contributed by atoms with Crippen LogP contribution in [0.4, 0.5) is 5.69 Å². The van der Waals surface area contributed by atoms with E-state index in [0.717, 1.165) is 25.7 Å². The van der Waals surface area contributed by atoms with E-state index in [2.05, 4.69) is 5.32 Å². The van der Waals surface area contributed by atoms with Crippen molar-refractivity contribution >= 4 is 33.0 Å². The van der Waals surface area contributed by atoms with E-state index >= 15 is 0 Å². The highest BCUT2D eigenvalue weighted by Crippen LogP contribution is 2.30. The fourth-order valence-corrected chi connectivity index (χ4v) is 5.00. The van der Waals surface area contributed by atoms with Crippen molar-refractivity contribution in [1.29, 1.82) is 0 Å². The van der Waals surface area contributed by atoms with Gasteiger partial charge >= 0.3 is 0 Å². The Bertz CT molecular complexity index is 894. The van der Waals surface area contributed by atoms with Gasteiger partial charge in [-0.2, -0.15) is 0 Å². The van der Waals surface area contributed by atoms with E-state index < -0.39 is 10.0 Å². The van der Waals surface area contributed by atoms with Crippen LogP contribution in [0.3, 0.4) is 0 Å². The van der Waals surface area contributed by atoms with Crippen molar-refractivity contribution in [2.24, 2.45) is 5.14 Å². The zero-order valence-electron chi connectivity index (χ0n) is 14.6. The van der Waals surface area contributed by atoms with Gasteiger partial charge in [-0.1, -0.05) is 12.8 Å². The van der Waals surface area contributed by atoms with Gasteiger partial charge in [-0.3, -0.25) is 4.79 Å². The number of fused-ring (bicyclic) bond motifs is 1. The minimum atomic E-state index is -3.95. The summed E-state index contributed by atoms with van der Waals surface area (Å²) in [5.41, 5.74) is 1.63. The summed E-state index contributed by atoms with van der Waals surface area (Å²) in [5.74, 6) is -0.100. The van der Waals surface area contributed by atoms with Gasteiger partial charge in [-0.25, -0.2) is 13.6 Å². The van der Waals surface area contributed by atoms with Gasteiger partial charge in [-0.15, -0.1) is 11.3 Å². The lowest BCUT2D eigenvalue weighted by molar-refractivity contribution is 0.103. The molecule has 0 spiro atoms. The minimum absolute atomic E-state index is 0.143. The third kappa shape index (κ3) is 4.25. The van der Waals surface area contributed by atoms with Crippen LogP contribution in [0.25, 0.3) is 0 Å². The number of benzene rings is 1. The van der Waals surface area contributed by atoms with Crippen LogP contribution in [0.1, 0.15) is 45.8 Å². The van der Waals surface area contributed by atoms with Gasteiger partial charge in [0, 0.05) is 10.6 Å². The highest BCUT2D eigenvalue weighted by Gasteiger charge is 2.19. The number of amides is 1. The minimum Gasteiger partial charge on any atom is -0.495 e. The van der Waals surface area contributed by atoms with Crippen LogP contribution < -0.4 is 15.2 Å². The van der Waals surface area contributed by atoms with Crippen LogP contribution in [-0.2, 0) is 22.9 Å². The molecule has 0 radical (unpaired) electrons. The van der Waals surface area contributed by atoms with Crippen LogP contribution in [-0.4, -0.2) is 21.4 Å². The van der Waals surface area contributed by atoms with E-state index in [1.165, 1.54) is 53.9 Å². The smallest absolute Gasteiger partial charge is 0.265 e. The molecule has 1 aliphatic rings. The van der Waals surface area contributed by atoms with Gasteiger partial charge in [0.05, 0.1) is 12.0 Å². The summed E-state index contributed by atoms with van der Waals surface area (Å²) in [6.07, 6.45) is 6.81. The number of rotatable bonds is 4. The summed E-state index contributed by atoms with van der Waals surface area (Å²) in [4.78, 5) is 14.4. The topological polar surface area (TPSA) is 98.5 Å². The molecule has 1 amide bonds. The molecule has 0 unspecified atom stereocenters. The van der Waals surface area contributed by atoms with Crippen molar-refractivity contribution in [3.63, 3.8) is 0 Å². The Morgan fingerprint density at radius 3 is 2.58 bits per heavy atom. The number of aryl methyl sites for hydroxylation is 2. The Morgan fingerprint density at radius 1 is 1.15 bits per heavy atom. The molecule has 0 saturated heterocycles. The number of hydrogen-bond acceptors (Lipinski definition) is 5. The molecule has 8 heteroatoms. The zero-order valence-corrected chi connectivity index (χ0v) is 16.2. The molecule has 0 atom stereocenters. The number of primary sulfonamides is 1. The maximum Gasteiger partial charge on any atom is 0.265 e. The Hall–Kier alpha value is -1.90. The second kappa shape index (κ2) is 7.77. The molecule has 1 heterocycles. The number of nitrogens with one attached hydrogen (secondary N) is 1. The molecule has 26 heavy (non-hydrogen) atoms. The number of sulfonamides is 1.